The van der Waals surface area contributed by atoms with Crippen molar-refractivity contribution in [2.45, 2.75) is 52.0 Å². The van der Waals surface area contributed by atoms with Gasteiger partial charge in [-0.3, -0.25) is 4.79 Å². The summed E-state index contributed by atoms with van der Waals surface area (Å²) in [6, 6.07) is 0. The molecule has 1 aliphatic heterocycles. The van der Waals surface area contributed by atoms with Crippen LogP contribution in [0, 0.1) is 5.92 Å². The van der Waals surface area contributed by atoms with Crippen molar-refractivity contribution < 1.29 is 4.79 Å². The number of nitrogens with zero attached hydrogens (tertiary/aromatic N) is 1. The fraction of sp³-hybridized carbons (Fsp3) is 0.923. The Balaban J connectivity index is 2.39. The second kappa shape index (κ2) is 5.67. The Hall–Kier alpha value is -0.570. The highest BCUT2D eigenvalue weighted by molar-refractivity contribution is 5.76. The molecule has 1 heterocycles. The quantitative estimate of drug-likeness (QED) is 0.795. The van der Waals surface area contributed by atoms with Crippen molar-refractivity contribution in [2.24, 2.45) is 5.92 Å². The molecule has 16 heavy (non-hydrogen) atoms. The molecule has 0 bridgehead atoms. The number of carbonyl (C=O) groups excluding carboxylic acids is 1. The van der Waals surface area contributed by atoms with Gasteiger partial charge in [-0.1, -0.05) is 20.3 Å². The molecule has 94 valence electrons. The number of likely N-dealkylation sites (tertiary alicyclic amines) is 1. The molecule has 0 aromatic heterocycles. The van der Waals surface area contributed by atoms with Crippen LogP contribution in [0.2, 0.25) is 0 Å². The Morgan fingerprint density at radius 3 is 2.44 bits per heavy atom. The van der Waals surface area contributed by atoms with Gasteiger partial charge in [0, 0.05) is 25.0 Å². The minimum atomic E-state index is 0.229. The normalized spacial score (nSPS) is 21.9. The molecule has 1 amide bonds. The third-order valence-corrected chi connectivity index (χ3v) is 4.04. The first kappa shape index (κ1) is 13.5. The van der Waals surface area contributed by atoms with Crippen molar-refractivity contribution in [3.05, 3.63) is 0 Å². The van der Waals surface area contributed by atoms with E-state index < -0.39 is 0 Å². The Kier molecular flexibility index (Phi) is 4.78. The minimum absolute atomic E-state index is 0.229. The summed E-state index contributed by atoms with van der Waals surface area (Å²) in [6.07, 6.45) is 3.94. The van der Waals surface area contributed by atoms with E-state index in [1.807, 2.05) is 11.9 Å². The molecule has 1 saturated heterocycles. The fourth-order valence-electron chi connectivity index (χ4n) is 2.07. The molecule has 1 atom stereocenters. The summed E-state index contributed by atoms with van der Waals surface area (Å²) in [5.41, 5.74) is 0.229. The number of rotatable bonds is 4. The number of carbonyl (C=O) groups is 1. The fourth-order valence-corrected chi connectivity index (χ4v) is 2.07. The largest absolute Gasteiger partial charge is 0.343 e. The van der Waals surface area contributed by atoms with Crippen molar-refractivity contribution in [1.29, 1.82) is 0 Å². The van der Waals surface area contributed by atoms with Crippen LogP contribution in [0.5, 0.6) is 0 Å². The summed E-state index contributed by atoms with van der Waals surface area (Å²) in [5, 5.41) is 3.35. The van der Waals surface area contributed by atoms with Gasteiger partial charge in [0.25, 0.3) is 0 Å². The number of hydrogen-bond acceptors (Lipinski definition) is 2. The number of hydrogen-bond donors (Lipinski definition) is 1. The maximum Gasteiger partial charge on any atom is 0.222 e. The molecule has 3 heteroatoms. The lowest BCUT2D eigenvalue weighted by atomic mass is 9.89. The number of piperidine rings is 1. The second-order valence-electron chi connectivity index (χ2n) is 5.41. The van der Waals surface area contributed by atoms with Crippen LogP contribution in [0.25, 0.3) is 0 Å². The van der Waals surface area contributed by atoms with Crippen LogP contribution < -0.4 is 5.32 Å². The van der Waals surface area contributed by atoms with Crippen LogP contribution in [0.15, 0.2) is 0 Å². The lowest BCUT2D eigenvalue weighted by Gasteiger charge is -2.39. The smallest absolute Gasteiger partial charge is 0.222 e. The van der Waals surface area contributed by atoms with Crippen molar-refractivity contribution >= 4 is 5.91 Å². The zero-order valence-electron chi connectivity index (χ0n) is 11.2. The first-order valence-electron chi connectivity index (χ1n) is 6.47. The highest BCUT2D eigenvalue weighted by atomic mass is 16.2. The molecular weight excluding hydrogens is 200 g/mol. The molecule has 1 fully saturated rings. The molecule has 1 rings (SSSR count). The van der Waals surface area contributed by atoms with E-state index in [2.05, 4.69) is 26.1 Å². The standard InChI is InChI=1S/C13H26N2O/c1-5-11(2)10-12(16)15-8-6-13(3,14-4)7-9-15/h11,14H,5-10H2,1-4H3. The van der Waals surface area contributed by atoms with Crippen LogP contribution in [0.3, 0.4) is 0 Å². The van der Waals surface area contributed by atoms with Crippen molar-refractivity contribution in [1.82, 2.24) is 10.2 Å². The van der Waals surface area contributed by atoms with Crippen LogP contribution in [-0.4, -0.2) is 36.5 Å². The lowest BCUT2D eigenvalue weighted by molar-refractivity contribution is -0.133. The van der Waals surface area contributed by atoms with Gasteiger partial charge in [0.1, 0.15) is 0 Å². The van der Waals surface area contributed by atoms with Gasteiger partial charge in [-0.25, -0.2) is 0 Å². The van der Waals surface area contributed by atoms with Gasteiger partial charge in [-0.05, 0) is 32.7 Å². The predicted octanol–water partition coefficient (Wildman–Crippen LogP) is 2.02. The van der Waals surface area contributed by atoms with Gasteiger partial charge in [-0.15, -0.1) is 0 Å². The van der Waals surface area contributed by atoms with Crippen molar-refractivity contribution in [3.8, 4) is 0 Å². The van der Waals surface area contributed by atoms with Gasteiger partial charge in [-0.2, -0.15) is 0 Å². The summed E-state index contributed by atoms with van der Waals surface area (Å²) < 4.78 is 0. The molecular formula is C13H26N2O. The lowest BCUT2D eigenvalue weighted by Crippen LogP contribution is -2.51. The molecule has 0 radical (unpaired) electrons. The van der Waals surface area contributed by atoms with Crippen LogP contribution in [0.4, 0.5) is 0 Å². The highest BCUT2D eigenvalue weighted by Crippen LogP contribution is 2.22. The zero-order valence-corrected chi connectivity index (χ0v) is 11.2. The Bertz CT molecular complexity index is 232. The maximum atomic E-state index is 12.0. The average molecular weight is 226 g/mol. The van der Waals surface area contributed by atoms with E-state index in [0.717, 1.165) is 32.4 Å². The number of amides is 1. The summed E-state index contributed by atoms with van der Waals surface area (Å²) in [5.74, 6) is 0.859. The van der Waals surface area contributed by atoms with Gasteiger partial charge in [0.15, 0.2) is 0 Å². The third kappa shape index (κ3) is 3.48. The van der Waals surface area contributed by atoms with E-state index in [-0.39, 0.29) is 5.54 Å². The molecule has 0 aromatic rings. The second-order valence-corrected chi connectivity index (χ2v) is 5.41. The van der Waals surface area contributed by atoms with Gasteiger partial charge >= 0.3 is 0 Å². The summed E-state index contributed by atoms with van der Waals surface area (Å²) in [4.78, 5) is 14.0. The highest BCUT2D eigenvalue weighted by Gasteiger charge is 2.30. The van der Waals surface area contributed by atoms with Gasteiger partial charge in [0.05, 0.1) is 0 Å². The topological polar surface area (TPSA) is 32.3 Å². The van der Waals surface area contributed by atoms with E-state index >= 15 is 0 Å². The summed E-state index contributed by atoms with van der Waals surface area (Å²) >= 11 is 0. The van der Waals surface area contributed by atoms with Crippen LogP contribution in [0.1, 0.15) is 46.5 Å². The van der Waals surface area contributed by atoms with Crippen LogP contribution in [-0.2, 0) is 4.79 Å². The van der Waals surface area contributed by atoms with Crippen LogP contribution >= 0.6 is 0 Å². The van der Waals surface area contributed by atoms with E-state index in [1.165, 1.54) is 0 Å². The van der Waals surface area contributed by atoms with E-state index in [1.54, 1.807) is 0 Å². The Morgan fingerprint density at radius 2 is 2.00 bits per heavy atom. The maximum absolute atomic E-state index is 12.0. The molecule has 0 saturated carbocycles. The third-order valence-electron chi connectivity index (χ3n) is 4.04. The van der Waals surface area contributed by atoms with Gasteiger partial charge in [0.2, 0.25) is 5.91 Å². The van der Waals surface area contributed by atoms with E-state index in [9.17, 15) is 4.79 Å². The summed E-state index contributed by atoms with van der Waals surface area (Å²) in [6.45, 7) is 8.36. The molecule has 3 nitrogen and oxygen atoms in total. The number of nitrogens with one attached hydrogen (secondary N) is 1. The molecule has 0 aromatic carbocycles. The van der Waals surface area contributed by atoms with E-state index in [4.69, 9.17) is 0 Å². The summed E-state index contributed by atoms with van der Waals surface area (Å²) in [7, 11) is 2.01. The molecule has 1 N–H and O–H groups in total. The molecule has 0 aliphatic carbocycles. The molecule has 1 aliphatic rings. The minimum Gasteiger partial charge on any atom is -0.343 e. The first-order valence-corrected chi connectivity index (χ1v) is 6.47. The van der Waals surface area contributed by atoms with Gasteiger partial charge < -0.3 is 10.2 Å². The first-order chi connectivity index (χ1) is 7.50. The Morgan fingerprint density at radius 1 is 1.44 bits per heavy atom. The molecule has 0 spiro atoms. The zero-order chi connectivity index (χ0) is 12.2. The average Bonchev–Trinajstić information content (AvgIpc) is 2.29. The van der Waals surface area contributed by atoms with Crippen molar-refractivity contribution in [3.63, 3.8) is 0 Å². The SMILES string of the molecule is CCC(C)CC(=O)N1CCC(C)(NC)CC1. The monoisotopic (exact) mass is 226 g/mol. The van der Waals surface area contributed by atoms with Crippen molar-refractivity contribution in [2.75, 3.05) is 20.1 Å². The predicted molar refractivity (Wildman–Crippen MR) is 67.4 cm³/mol. The van der Waals surface area contributed by atoms with E-state index in [0.29, 0.717) is 18.2 Å². The molecule has 1 unspecified atom stereocenters. The Labute approximate surface area is 99.6 Å².